The van der Waals surface area contributed by atoms with Gasteiger partial charge < -0.3 is 9.84 Å². The third-order valence-electron chi connectivity index (χ3n) is 4.02. The summed E-state index contributed by atoms with van der Waals surface area (Å²) in [6, 6.07) is 8.61. The smallest absolute Gasteiger partial charge is 0.307 e. The Kier molecular flexibility index (Phi) is 5.66. The van der Waals surface area contributed by atoms with Gasteiger partial charge in [0, 0.05) is 11.6 Å². The number of nitrogens with zero attached hydrogens (tertiary/aromatic N) is 1. The number of rotatable bonds is 6. The summed E-state index contributed by atoms with van der Waals surface area (Å²) in [4.78, 5) is 15.2. The second-order valence-electron chi connectivity index (χ2n) is 5.99. The summed E-state index contributed by atoms with van der Waals surface area (Å²) < 4.78 is 43.8. The van der Waals surface area contributed by atoms with Gasteiger partial charge in [-0.3, -0.25) is 4.79 Å². The highest BCUT2D eigenvalue weighted by Crippen LogP contribution is 2.35. The third kappa shape index (κ3) is 4.31. The number of carbonyl (C=O) groups is 1. The Labute approximate surface area is 169 Å². The number of ether oxygens (including phenoxy) is 1. The molecule has 2 aromatic carbocycles. The minimum Gasteiger partial charge on any atom is -0.481 e. The van der Waals surface area contributed by atoms with E-state index in [0.717, 1.165) is 0 Å². The standard InChI is InChI=1S/C19H15BrFNO5S/c1-2-28(25,26)14-9-16(20)19(22-10-14)27-17-6-11(7-18(23)24)5-12-3-4-13(21)8-15(12)17/h3-6,8-10H,2,7H2,1H3,(H,23,24). The van der Waals surface area contributed by atoms with Crippen molar-refractivity contribution in [2.24, 2.45) is 0 Å². The van der Waals surface area contributed by atoms with E-state index in [2.05, 4.69) is 20.9 Å². The molecule has 1 heterocycles. The molecule has 0 atom stereocenters. The molecule has 0 radical (unpaired) electrons. The van der Waals surface area contributed by atoms with Crippen LogP contribution in [0.25, 0.3) is 10.8 Å². The summed E-state index contributed by atoms with van der Waals surface area (Å²) in [6.07, 6.45) is 0.953. The largest absolute Gasteiger partial charge is 0.481 e. The molecule has 146 valence electrons. The maximum absolute atomic E-state index is 13.7. The lowest BCUT2D eigenvalue weighted by Gasteiger charge is -2.12. The van der Waals surface area contributed by atoms with Crippen LogP contribution in [-0.4, -0.2) is 30.2 Å². The van der Waals surface area contributed by atoms with Gasteiger partial charge in [-0.1, -0.05) is 19.1 Å². The zero-order valence-electron chi connectivity index (χ0n) is 14.6. The molecule has 1 aromatic heterocycles. The maximum Gasteiger partial charge on any atom is 0.307 e. The van der Waals surface area contributed by atoms with Crippen molar-refractivity contribution in [1.82, 2.24) is 4.98 Å². The highest BCUT2D eigenvalue weighted by atomic mass is 79.9. The Bertz CT molecular complexity index is 1180. The summed E-state index contributed by atoms with van der Waals surface area (Å²) in [6.45, 7) is 1.53. The fourth-order valence-electron chi connectivity index (χ4n) is 2.64. The second-order valence-corrected chi connectivity index (χ2v) is 9.13. The second kappa shape index (κ2) is 7.84. The fraction of sp³-hybridized carbons (Fsp3) is 0.158. The van der Waals surface area contributed by atoms with Crippen LogP contribution in [-0.2, 0) is 21.1 Å². The maximum atomic E-state index is 13.7. The Balaban J connectivity index is 2.08. The van der Waals surface area contributed by atoms with Crippen molar-refractivity contribution < 1.29 is 27.4 Å². The van der Waals surface area contributed by atoms with E-state index in [1.54, 1.807) is 6.07 Å². The quantitative estimate of drug-likeness (QED) is 0.578. The molecule has 1 N–H and O–H groups in total. The monoisotopic (exact) mass is 467 g/mol. The fourth-order valence-corrected chi connectivity index (χ4v) is 4.07. The van der Waals surface area contributed by atoms with Gasteiger partial charge in [-0.15, -0.1) is 0 Å². The van der Waals surface area contributed by atoms with E-state index < -0.39 is 21.6 Å². The average molecular weight is 468 g/mol. The Morgan fingerprint density at radius 1 is 1.25 bits per heavy atom. The molecule has 0 fully saturated rings. The first-order valence-electron chi connectivity index (χ1n) is 8.19. The molecule has 0 saturated heterocycles. The molecular formula is C19H15BrFNO5S. The van der Waals surface area contributed by atoms with Crippen LogP contribution < -0.4 is 4.74 Å². The molecule has 28 heavy (non-hydrogen) atoms. The van der Waals surface area contributed by atoms with E-state index in [1.165, 1.54) is 43.5 Å². The number of hydrogen-bond donors (Lipinski definition) is 1. The van der Waals surface area contributed by atoms with Crippen molar-refractivity contribution in [3.63, 3.8) is 0 Å². The molecule has 0 aliphatic carbocycles. The minimum absolute atomic E-state index is 0.0461. The summed E-state index contributed by atoms with van der Waals surface area (Å²) in [5, 5.41) is 10.1. The molecular weight excluding hydrogens is 453 g/mol. The molecule has 0 aliphatic rings. The summed E-state index contributed by atoms with van der Waals surface area (Å²) in [5.74, 6) is -1.26. The van der Waals surface area contributed by atoms with E-state index in [4.69, 9.17) is 9.84 Å². The predicted molar refractivity (Wildman–Crippen MR) is 105 cm³/mol. The van der Waals surface area contributed by atoms with Gasteiger partial charge in [0.25, 0.3) is 0 Å². The van der Waals surface area contributed by atoms with Crippen LogP contribution in [0.1, 0.15) is 12.5 Å². The van der Waals surface area contributed by atoms with Crippen molar-refractivity contribution in [2.45, 2.75) is 18.2 Å². The number of aromatic nitrogens is 1. The SMILES string of the molecule is CCS(=O)(=O)c1cnc(Oc2cc(CC(=O)O)cc3ccc(F)cc23)c(Br)c1. The van der Waals surface area contributed by atoms with Crippen molar-refractivity contribution in [2.75, 3.05) is 5.75 Å². The van der Waals surface area contributed by atoms with Crippen LogP contribution in [0.15, 0.2) is 52.0 Å². The molecule has 0 amide bonds. The molecule has 0 aliphatic heterocycles. The summed E-state index contributed by atoms with van der Waals surface area (Å²) in [5.41, 5.74) is 0.475. The molecule has 0 spiro atoms. The van der Waals surface area contributed by atoms with Crippen LogP contribution >= 0.6 is 15.9 Å². The van der Waals surface area contributed by atoms with Crippen LogP contribution in [0.5, 0.6) is 11.6 Å². The van der Waals surface area contributed by atoms with Gasteiger partial charge in [-0.2, -0.15) is 0 Å². The van der Waals surface area contributed by atoms with E-state index in [0.29, 0.717) is 20.8 Å². The summed E-state index contributed by atoms with van der Waals surface area (Å²) in [7, 11) is -3.43. The number of fused-ring (bicyclic) bond motifs is 1. The van der Waals surface area contributed by atoms with Crippen LogP contribution in [0.3, 0.4) is 0 Å². The van der Waals surface area contributed by atoms with Crippen molar-refractivity contribution in [3.05, 3.63) is 58.4 Å². The normalized spacial score (nSPS) is 11.5. The lowest BCUT2D eigenvalue weighted by Crippen LogP contribution is -2.05. The first kappa shape index (κ1) is 20.2. The topological polar surface area (TPSA) is 93.6 Å². The van der Waals surface area contributed by atoms with Crippen LogP contribution in [0.4, 0.5) is 4.39 Å². The zero-order valence-corrected chi connectivity index (χ0v) is 17.0. The molecule has 3 aromatic rings. The number of aliphatic carboxylic acids is 1. The molecule has 0 bridgehead atoms. The number of benzene rings is 2. The molecule has 0 saturated carbocycles. The van der Waals surface area contributed by atoms with E-state index in [9.17, 15) is 17.6 Å². The minimum atomic E-state index is -3.43. The van der Waals surface area contributed by atoms with E-state index >= 15 is 0 Å². The van der Waals surface area contributed by atoms with Crippen molar-refractivity contribution in [3.8, 4) is 11.6 Å². The van der Waals surface area contributed by atoms with Crippen molar-refractivity contribution >= 4 is 42.5 Å². The Hall–Kier alpha value is -2.52. The van der Waals surface area contributed by atoms with Gasteiger partial charge in [0.15, 0.2) is 9.84 Å². The van der Waals surface area contributed by atoms with Gasteiger partial charge in [0.05, 0.1) is 21.5 Å². The van der Waals surface area contributed by atoms with Crippen LogP contribution in [0, 0.1) is 5.82 Å². The first-order valence-corrected chi connectivity index (χ1v) is 10.6. The van der Waals surface area contributed by atoms with Crippen molar-refractivity contribution in [1.29, 1.82) is 0 Å². The lowest BCUT2D eigenvalue weighted by molar-refractivity contribution is -0.136. The predicted octanol–water partition coefficient (Wildman–Crippen LogP) is 4.35. The van der Waals surface area contributed by atoms with Gasteiger partial charge in [0.2, 0.25) is 5.88 Å². The van der Waals surface area contributed by atoms with Crippen LogP contribution in [0.2, 0.25) is 0 Å². The van der Waals surface area contributed by atoms with Gasteiger partial charge in [0.1, 0.15) is 11.6 Å². The van der Waals surface area contributed by atoms with E-state index in [-0.39, 0.29) is 28.7 Å². The Morgan fingerprint density at radius 2 is 2.00 bits per heavy atom. The average Bonchev–Trinajstić information content (AvgIpc) is 2.63. The molecule has 6 nitrogen and oxygen atoms in total. The zero-order chi connectivity index (χ0) is 20.5. The highest BCUT2D eigenvalue weighted by molar-refractivity contribution is 9.10. The number of carboxylic acids is 1. The number of hydrogen-bond acceptors (Lipinski definition) is 5. The van der Waals surface area contributed by atoms with Gasteiger partial charge in [-0.05, 0) is 51.1 Å². The summed E-state index contributed by atoms with van der Waals surface area (Å²) >= 11 is 3.24. The lowest BCUT2D eigenvalue weighted by atomic mass is 10.0. The Morgan fingerprint density at radius 3 is 2.64 bits per heavy atom. The number of sulfone groups is 1. The third-order valence-corrected chi connectivity index (χ3v) is 6.29. The number of halogens is 2. The first-order chi connectivity index (χ1) is 13.2. The number of carboxylic acid groups (broad SMARTS) is 1. The number of pyridine rings is 1. The molecule has 0 unspecified atom stereocenters. The highest BCUT2D eigenvalue weighted by Gasteiger charge is 2.17. The van der Waals surface area contributed by atoms with Gasteiger partial charge >= 0.3 is 5.97 Å². The molecule has 9 heteroatoms. The van der Waals surface area contributed by atoms with E-state index in [1.807, 2.05) is 0 Å². The molecule has 3 rings (SSSR count). The van der Waals surface area contributed by atoms with Gasteiger partial charge in [-0.25, -0.2) is 17.8 Å².